The van der Waals surface area contributed by atoms with Crippen LogP contribution in [-0.2, 0) is 16.6 Å². The molecule has 1 heterocycles. The number of nitrogens with zero attached hydrogens (tertiary/aromatic N) is 1. The maximum atomic E-state index is 13.3. The Hall–Kier alpha value is -1.31. The summed E-state index contributed by atoms with van der Waals surface area (Å²) in [6.45, 7) is 0.105. The van der Waals surface area contributed by atoms with Crippen LogP contribution in [0.15, 0.2) is 52.1 Å². The van der Waals surface area contributed by atoms with Crippen molar-refractivity contribution in [2.24, 2.45) is 0 Å². The molecule has 0 radical (unpaired) electrons. The summed E-state index contributed by atoms with van der Waals surface area (Å²) in [4.78, 5) is 3.77. The van der Waals surface area contributed by atoms with Gasteiger partial charge in [-0.1, -0.05) is 6.07 Å². The van der Waals surface area contributed by atoms with E-state index in [9.17, 15) is 12.8 Å². The SMILES string of the molecule is O=S(=O)(NCc1cccnc1)c1ccc(Br)c(F)c1. The molecule has 19 heavy (non-hydrogen) atoms. The molecule has 4 nitrogen and oxygen atoms in total. The molecular weight excluding hydrogens is 335 g/mol. The Kier molecular flexibility index (Phi) is 4.28. The lowest BCUT2D eigenvalue weighted by atomic mass is 10.3. The van der Waals surface area contributed by atoms with Crippen LogP contribution in [0.25, 0.3) is 0 Å². The van der Waals surface area contributed by atoms with Crippen molar-refractivity contribution in [3.8, 4) is 0 Å². The molecule has 0 atom stereocenters. The van der Waals surface area contributed by atoms with Gasteiger partial charge in [0, 0.05) is 18.9 Å². The van der Waals surface area contributed by atoms with Gasteiger partial charge in [-0.05, 0) is 45.8 Å². The third-order valence-corrected chi connectivity index (χ3v) is 4.43. The van der Waals surface area contributed by atoms with E-state index in [1.54, 1.807) is 24.5 Å². The minimum absolute atomic E-state index is 0.105. The van der Waals surface area contributed by atoms with E-state index in [0.29, 0.717) is 0 Å². The van der Waals surface area contributed by atoms with Gasteiger partial charge in [0.15, 0.2) is 0 Å². The average Bonchev–Trinajstić information content (AvgIpc) is 2.41. The third kappa shape index (κ3) is 3.59. The van der Waals surface area contributed by atoms with Crippen molar-refractivity contribution in [1.82, 2.24) is 9.71 Å². The molecule has 1 aromatic carbocycles. The second-order valence-electron chi connectivity index (χ2n) is 3.76. The lowest BCUT2D eigenvalue weighted by Gasteiger charge is -2.07. The van der Waals surface area contributed by atoms with Gasteiger partial charge in [-0.15, -0.1) is 0 Å². The number of nitrogens with one attached hydrogen (secondary N) is 1. The van der Waals surface area contributed by atoms with Gasteiger partial charge in [0.2, 0.25) is 10.0 Å². The van der Waals surface area contributed by atoms with Crippen LogP contribution in [0.5, 0.6) is 0 Å². The lowest BCUT2D eigenvalue weighted by Crippen LogP contribution is -2.23. The summed E-state index contributed by atoms with van der Waals surface area (Å²) in [5, 5.41) is 0. The first-order chi connectivity index (χ1) is 8.99. The monoisotopic (exact) mass is 344 g/mol. The first-order valence-corrected chi connectivity index (χ1v) is 7.60. The molecule has 0 aliphatic carbocycles. The number of aromatic nitrogens is 1. The van der Waals surface area contributed by atoms with Crippen molar-refractivity contribution in [2.75, 3.05) is 0 Å². The predicted molar refractivity (Wildman–Crippen MR) is 72.4 cm³/mol. The summed E-state index contributed by atoms with van der Waals surface area (Å²) < 4.78 is 39.8. The summed E-state index contributed by atoms with van der Waals surface area (Å²) in [7, 11) is -3.74. The number of pyridine rings is 1. The molecule has 1 N–H and O–H groups in total. The van der Waals surface area contributed by atoms with Gasteiger partial charge in [0.25, 0.3) is 0 Å². The highest BCUT2D eigenvalue weighted by Gasteiger charge is 2.15. The number of rotatable bonds is 4. The molecule has 0 saturated heterocycles. The smallest absolute Gasteiger partial charge is 0.240 e. The molecule has 7 heteroatoms. The van der Waals surface area contributed by atoms with Crippen molar-refractivity contribution in [2.45, 2.75) is 11.4 Å². The molecule has 2 rings (SSSR count). The Labute approximate surface area is 118 Å². The zero-order chi connectivity index (χ0) is 13.9. The van der Waals surface area contributed by atoms with E-state index in [0.717, 1.165) is 11.6 Å². The van der Waals surface area contributed by atoms with Crippen molar-refractivity contribution < 1.29 is 12.8 Å². The van der Waals surface area contributed by atoms with Crippen LogP contribution in [-0.4, -0.2) is 13.4 Å². The van der Waals surface area contributed by atoms with Crippen LogP contribution in [0.3, 0.4) is 0 Å². The van der Waals surface area contributed by atoms with Crippen LogP contribution in [0.2, 0.25) is 0 Å². The minimum Gasteiger partial charge on any atom is -0.264 e. The van der Waals surface area contributed by atoms with Gasteiger partial charge >= 0.3 is 0 Å². The Morgan fingerprint density at radius 2 is 2.11 bits per heavy atom. The number of hydrogen-bond acceptors (Lipinski definition) is 3. The summed E-state index contributed by atoms with van der Waals surface area (Å²) in [6, 6.07) is 7.11. The Bertz CT molecular complexity index is 677. The second-order valence-corrected chi connectivity index (χ2v) is 6.38. The normalized spacial score (nSPS) is 11.5. The third-order valence-electron chi connectivity index (χ3n) is 2.39. The van der Waals surface area contributed by atoms with E-state index in [4.69, 9.17) is 0 Å². The summed E-state index contributed by atoms with van der Waals surface area (Å²) in [5.41, 5.74) is 0.726. The van der Waals surface area contributed by atoms with Gasteiger partial charge in [-0.3, -0.25) is 4.98 Å². The van der Waals surface area contributed by atoms with E-state index in [1.165, 1.54) is 12.1 Å². The molecular formula is C12H10BrFN2O2S. The minimum atomic E-state index is -3.74. The maximum Gasteiger partial charge on any atom is 0.240 e. The van der Waals surface area contributed by atoms with Gasteiger partial charge < -0.3 is 0 Å². The molecule has 0 unspecified atom stereocenters. The Balaban J connectivity index is 2.16. The van der Waals surface area contributed by atoms with Gasteiger partial charge in [0.1, 0.15) is 5.82 Å². The molecule has 0 fully saturated rings. The molecule has 0 spiro atoms. The number of sulfonamides is 1. The highest BCUT2D eigenvalue weighted by Crippen LogP contribution is 2.19. The zero-order valence-electron chi connectivity index (χ0n) is 9.68. The predicted octanol–water partition coefficient (Wildman–Crippen LogP) is 2.46. The summed E-state index contributed by atoms with van der Waals surface area (Å²) in [6.07, 6.45) is 3.16. The molecule has 0 aliphatic rings. The highest BCUT2D eigenvalue weighted by molar-refractivity contribution is 9.10. The van der Waals surface area contributed by atoms with E-state index < -0.39 is 15.8 Å². The fourth-order valence-corrected chi connectivity index (χ4v) is 2.68. The van der Waals surface area contributed by atoms with E-state index in [-0.39, 0.29) is 15.9 Å². The summed E-state index contributed by atoms with van der Waals surface area (Å²) >= 11 is 2.97. The largest absolute Gasteiger partial charge is 0.264 e. The fourth-order valence-electron chi connectivity index (χ4n) is 1.41. The number of halogens is 2. The zero-order valence-corrected chi connectivity index (χ0v) is 12.1. The molecule has 0 bridgehead atoms. The Morgan fingerprint density at radius 3 is 2.74 bits per heavy atom. The van der Waals surface area contributed by atoms with Crippen LogP contribution in [0.1, 0.15) is 5.56 Å². The van der Waals surface area contributed by atoms with E-state index in [2.05, 4.69) is 25.6 Å². The van der Waals surface area contributed by atoms with Crippen molar-refractivity contribution in [3.05, 3.63) is 58.6 Å². The first-order valence-electron chi connectivity index (χ1n) is 5.33. The van der Waals surface area contributed by atoms with Crippen molar-refractivity contribution >= 4 is 26.0 Å². The van der Waals surface area contributed by atoms with Crippen LogP contribution >= 0.6 is 15.9 Å². The maximum absolute atomic E-state index is 13.3. The quantitative estimate of drug-likeness (QED) is 0.926. The average molecular weight is 345 g/mol. The van der Waals surface area contributed by atoms with Gasteiger partial charge in [0.05, 0.1) is 9.37 Å². The number of benzene rings is 1. The molecule has 2 aromatic rings. The van der Waals surface area contributed by atoms with Gasteiger partial charge in [-0.25, -0.2) is 17.5 Å². The first kappa shape index (κ1) is 14.1. The topological polar surface area (TPSA) is 59.1 Å². The second kappa shape index (κ2) is 5.77. The van der Waals surface area contributed by atoms with Crippen LogP contribution in [0.4, 0.5) is 4.39 Å². The molecule has 100 valence electrons. The van der Waals surface area contributed by atoms with Crippen LogP contribution in [0, 0.1) is 5.82 Å². The van der Waals surface area contributed by atoms with E-state index in [1.807, 2.05) is 0 Å². The van der Waals surface area contributed by atoms with E-state index >= 15 is 0 Å². The Morgan fingerprint density at radius 1 is 1.32 bits per heavy atom. The fraction of sp³-hybridized carbons (Fsp3) is 0.0833. The number of hydrogen-bond donors (Lipinski definition) is 1. The lowest BCUT2D eigenvalue weighted by molar-refractivity contribution is 0.576. The summed E-state index contributed by atoms with van der Waals surface area (Å²) in [5.74, 6) is -0.621. The van der Waals surface area contributed by atoms with Crippen molar-refractivity contribution in [3.63, 3.8) is 0 Å². The molecule has 0 saturated carbocycles. The van der Waals surface area contributed by atoms with Crippen LogP contribution < -0.4 is 4.72 Å². The van der Waals surface area contributed by atoms with Gasteiger partial charge in [-0.2, -0.15) is 0 Å². The molecule has 0 amide bonds. The highest BCUT2D eigenvalue weighted by atomic mass is 79.9. The standard InChI is InChI=1S/C12H10BrFN2O2S/c13-11-4-3-10(6-12(11)14)19(17,18)16-8-9-2-1-5-15-7-9/h1-7,16H,8H2. The van der Waals surface area contributed by atoms with Crippen molar-refractivity contribution in [1.29, 1.82) is 0 Å². The molecule has 0 aliphatic heterocycles. The molecule has 1 aromatic heterocycles.